The molecule has 4 rings (SSSR count). The second-order valence-electron chi connectivity index (χ2n) is 6.98. The van der Waals surface area contributed by atoms with Crippen LogP contribution in [0.2, 0.25) is 5.02 Å². The monoisotopic (exact) mass is 407 g/mol. The van der Waals surface area contributed by atoms with Gasteiger partial charge in [0.25, 0.3) is 11.3 Å². The van der Waals surface area contributed by atoms with E-state index in [0.717, 1.165) is 17.5 Å². The lowest BCUT2D eigenvalue weighted by atomic mass is 10.1. The predicted molar refractivity (Wildman–Crippen MR) is 116 cm³/mol. The molecule has 2 aromatic carbocycles. The summed E-state index contributed by atoms with van der Waals surface area (Å²) in [5.41, 5.74) is 4.42. The topological polar surface area (TPSA) is 75.1 Å². The molecular formula is C22H22ClN5O. The molecule has 0 saturated heterocycles. The van der Waals surface area contributed by atoms with Gasteiger partial charge in [0.15, 0.2) is 0 Å². The van der Waals surface area contributed by atoms with Crippen molar-refractivity contribution in [2.75, 3.05) is 5.32 Å². The number of hydrogen-bond donors (Lipinski definition) is 2. The molecule has 0 unspecified atom stereocenters. The Bertz CT molecular complexity index is 1210. The zero-order valence-electron chi connectivity index (χ0n) is 16.4. The fraction of sp³-hybridized carbons (Fsp3) is 0.227. The maximum Gasteiger partial charge on any atom is 0.277 e. The smallest absolute Gasteiger partial charge is 0.277 e. The molecule has 6 nitrogen and oxygen atoms in total. The molecule has 0 radical (unpaired) electrons. The fourth-order valence-corrected chi connectivity index (χ4v) is 3.45. The number of aromatic amines is 1. The van der Waals surface area contributed by atoms with E-state index in [4.69, 9.17) is 11.6 Å². The van der Waals surface area contributed by atoms with Crippen molar-refractivity contribution in [3.8, 4) is 0 Å². The van der Waals surface area contributed by atoms with Crippen molar-refractivity contribution in [1.29, 1.82) is 0 Å². The van der Waals surface area contributed by atoms with Crippen molar-refractivity contribution in [1.82, 2.24) is 19.6 Å². The van der Waals surface area contributed by atoms with Gasteiger partial charge < -0.3 is 5.32 Å². The van der Waals surface area contributed by atoms with Gasteiger partial charge in [0, 0.05) is 23.6 Å². The minimum atomic E-state index is -0.166. The minimum Gasteiger partial charge on any atom is -0.351 e. The van der Waals surface area contributed by atoms with Crippen molar-refractivity contribution in [3.05, 3.63) is 91.9 Å². The van der Waals surface area contributed by atoms with Crippen molar-refractivity contribution < 1.29 is 0 Å². The third-order valence-corrected chi connectivity index (χ3v) is 5.38. The number of H-pyrrole nitrogens is 1. The van der Waals surface area contributed by atoms with Crippen LogP contribution in [0.1, 0.15) is 34.9 Å². The zero-order valence-corrected chi connectivity index (χ0v) is 17.1. The van der Waals surface area contributed by atoms with E-state index in [1.165, 1.54) is 10.1 Å². The molecule has 2 N–H and O–H groups in total. The van der Waals surface area contributed by atoms with Crippen LogP contribution in [0.15, 0.2) is 53.3 Å². The maximum absolute atomic E-state index is 13.0. The van der Waals surface area contributed by atoms with E-state index in [1.807, 2.05) is 31.2 Å². The predicted octanol–water partition coefficient (Wildman–Crippen LogP) is 4.14. The summed E-state index contributed by atoms with van der Waals surface area (Å²) in [7, 11) is 0. The summed E-state index contributed by atoms with van der Waals surface area (Å²) in [4.78, 5) is 21.9. The van der Waals surface area contributed by atoms with Gasteiger partial charge in [-0.3, -0.25) is 9.89 Å². The summed E-state index contributed by atoms with van der Waals surface area (Å²) in [5, 5.41) is 6.87. The Balaban J connectivity index is 1.59. The van der Waals surface area contributed by atoms with Gasteiger partial charge in [0.05, 0.1) is 5.69 Å². The van der Waals surface area contributed by atoms with Gasteiger partial charge in [-0.2, -0.15) is 9.50 Å². The highest BCUT2D eigenvalue weighted by Crippen LogP contribution is 2.19. The number of aryl methyl sites for hydroxylation is 2. The van der Waals surface area contributed by atoms with Gasteiger partial charge in [-0.25, -0.2) is 4.98 Å². The first-order valence-corrected chi connectivity index (χ1v) is 9.96. The number of aromatic nitrogens is 4. The summed E-state index contributed by atoms with van der Waals surface area (Å²) >= 11 is 6.26. The third-order valence-electron chi connectivity index (χ3n) is 5.01. The average Bonchev–Trinajstić information content (AvgIpc) is 3.14. The molecule has 29 heavy (non-hydrogen) atoms. The molecule has 0 spiro atoms. The standard InChI is InChI=1S/C22H22ClN5O/c1-3-15-8-10-16(11-9-15)13-24-21-26-22-25-14(2)18(20(29)28(22)27-21)12-17-6-4-5-7-19(17)23/h4-11H,3,12-13H2,1-2H3,(H2,24,25,26,27). The molecule has 0 saturated carbocycles. The summed E-state index contributed by atoms with van der Waals surface area (Å²) < 4.78 is 1.38. The van der Waals surface area contributed by atoms with Gasteiger partial charge in [0.1, 0.15) is 0 Å². The molecule has 0 fully saturated rings. The highest BCUT2D eigenvalue weighted by atomic mass is 35.5. The minimum absolute atomic E-state index is 0.166. The van der Waals surface area contributed by atoms with Crippen LogP contribution in [-0.4, -0.2) is 19.6 Å². The van der Waals surface area contributed by atoms with Gasteiger partial charge in [-0.15, -0.1) is 0 Å². The third kappa shape index (κ3) is 4.03. The molecule has 4 aromatic rings. The van der Waals surface area contributed by atoms with Crippen LogP contribution in [0.25, 0.3) is 5.78 Å². The molecule has 0 aliphatic carbocycles. The Labute approximate surface area is 173 Å². The lowest BCUT2D eigenvalue weighted by molar-refractivity contribution is 0.857. The van der Waals surface area contributed by atoms with E-state index in [1.54, 1.807) is 0 Å². The Hall–Kier alpha value is -3.12. The average molecular weight is 408 g/mol. The molecule has 0 amide bonds. The van der Waals surface area contributed by atoms with Crippen LogP contribution < -0.4 is 10.9 Å². The van der Waals surface area contributed by atoms with Crippen LogP contribution in [0.5, 0.6) is 0 Å². The molecule has 2 aromatic heterocycles. The van der Waals surface area contributed by atoms with Crippen molar-refractivity contribution >= 4 is 23.3 Å². The van der Waals surface area contributed by atoms with Crippen LogP contribution in [0.3, 0.4) is 0 Å². The van der Waals surface area contributed by atoms with E-state index in [-0.39, 0.29) is 5.56 Å². The molecule has 0 aliphatic rings. The summed E-state index contributed by atoms with van der Waals surface area (Å²) in [5.74, 6) is 0.850. The number of nitrogens with one attached hydrogen (secondary N) is 2. The molecule has 0 aliphatic heterocycles. The van der Waals surface area contributed by atoms with Gasteiger partial charge in [-0.05, 0) is 36.1 Å². The first kappa shape index (κ1) is 19.2. The Morgan fingerprint density at radius 3 is 2.52 bits per heavy atom. The molecule has 7 heteroatoms. The second-order valence-corrected chi connectivity index (χ2v) is 7.39. The van der Waals surface area contributed by atoms with Crippen molar-refractivity contribution in [3.63, 3.8) is 0 Å². The SMILES string of the molecule is CCc1ccc(CNc2nc3nc(C)c(Cc4ccccc4Cl)c(=O)n3[nH]2)cc1. The number of rotatable bonds is 6. The highest BCUT2D eigenvalue weighted by Gasteiger charge is 2.14. The lowest BCUT2D eigenvalue weighted by Gasteiger charge is -2.06. The Kier molecular flexibility index (Phi) is 5.36. The van der Waals surface area contributed by atoms with Gasteiger partial charge >= 0.3 is 0 Å². The largest absolute Gasteiger partial charge is 0.351 e. The van der Waals surface area contributed by atoms with Crippen LogP contribution in [0.4, 0.5) is 5.95 Å². The molecule has 0 bridgehead atoms. The Morgan fingerprint density at radius 2 is 1.79 bits per heavy atom. The fourth-order valence-electron chi connectivity index (χ4n) is 3.25. The number of benzene rings is 2. The van der Waals surface area contributed by atoms with E-state index in [9.17, 15) is 4.79 Å². The van der Waals surface area contributed by atoms with Crippen molar-refractivity contribution in [2.24, 2.45) is 0 Å². The number of hydrogen-bond acceptors (Lipinski definition) is 4. The normalized spacial score (nSPS) is 11.1. The number of fused-ring (bicyclic) bond motifs is 1. The van der Waals surface area contributed by atoms with Gasteiger partial charge in [0.2, 0.25) is 5.95 Å². The van der Waals surface area contributed by atoms with Crippen molar-refractivity contribution in [2.45, 2.75) is 33.2 Å². The lowest BCUT2D eigenvalue weighted by Crippen LogP contribution is -2.22. The number of halogens is 1. The summed E-state index contributed by atoms with van der Waals surface area (Å²) in [6.07, 6.45) is 1.44. The van der Waals surface area contributed by atoms with E-state index < -0.39 is 0 Å². The van der Waals surface area contributed by atoms with E-state index in [0.29, 0.717) is 41.0 Å². The second kappa shape index (κ2) is 8.09. The van der Waals surface area contributed by atoms with Gasteiger partial charge in [-0.1, -0.05) is 61.0 Å². The number of anilines is 1. The van der Waals surface area contributed by atoms with E-state index >= 15 is 0 Å². The van der Waals surface area contributed by atoms with E-state index in [2.05, 4.69) is 51.6 Å². The van der Waals surface area contributed by atoms with Crippen LogP contribution >= 0.6 is 11.6 Å². The van der Waals surface area contributed by atoms with Crippen LogP contribution in [0, 0.1) is 6.92 Å². The van der Waals surface area contributed by atoms with Crippen LogP contribution in [-0.2, 0) is 19.4 Å². The highest BCUT2D eigenvalue weighted by molar-refractivity contribution is 6.31. The molecule has 2 heterocycles. The first-order chi connectivity index (χ1) is 14.0. The molecule has 148 valence electrons. The molecule has 0 atom stereocenters. The summed E-state index contributed by atoms with van der Waals surface area (Å²) in [6, 6.07) is 15.9. The molecular weight excluding hydrogens is 386 g/mol. The zero-order chi connectivity index (χ0) is 20.4. The Morgan fingerprint density at radius 1 is 1.07 bits per heavy atom. The maximum atomic E-state index is 13.0. The summed E-state index contributed by atoms with van der Waals surface area (Å²) in [6.45, 7) is 4.56. The first-order valence-electron chi connectivity index (χ1n) is 9.58. The number of nitrogens with zero attached hydrogens (tertiary/aromatic N) is 3. The quantitative estimate of drug-likeness (QED) is 0.503.